The normalized spacial score (nSPS) is 9.86. The van der Waals surface area contributed by atoms with Gasteiger partial charge >= 0.3 is 0 Å². The van der Waals surface area contributed by atoms with Gasteiger partial charge in [-0.05, 0) is 13.0 Å². The molecule has 1 nitrogen and oxygen atoms in total. The molecule has 0 radical (unpaired) electrons. The van der Waals surface area contributed by atoms with Crippen LogP contribution in [0.2, 0.25) is 0 Å². The van der Waals surface area contributed by atoms with Gasteiger partial charge in [-0.3, -0.25) is 0 Å². The van der Waals surface area contributed by atoms with Gasteiger partial charge in [-0.25, -0.2) is 0 Å². The van der Waals surface area contributed by atoms with Crippen molar-refractivity contribution in [3.63, 3.8) is 0 Å². The van der Waals surface area contributed by atoms with Crippen molar-refractivity contribution >= 4 is 0 Å². The summed E-state index contributed by atoms with van der Waals surface area (Å²) in [7, 11) is 0. The molecule has 0 unspecified atom stereocenters. The molecule has 0 aromatic heterocycles. The average molecular weight is 281 g/mol. The Hall–Kier alpha value is 0.648. The van der Waals surface area contributed by atoms with E-state index in [-0.39, 0.29) is 21.1 Å². The minimum atomic E-state index is 0. The van der Waals surface area contributed by atoms with E-state index < -0.39 is 0 Å². The van der Waals surface area contributed by atoms with Gasteiger partial charge in [0, 0.05) is 21.1 Å². The largest absolute Gasteiger partial charge is 0.330 e. The summed E-state index contributed by atoms with van der Waals surface area (Å²) in [6, 6.07) is 0. The van der Waals surface area contributed by atoms with Crippen molar-refractivity contribution in [1.29, 1.82) is 0 Å². The molecule has 0 aliphatic rings. The predicted molar refractivity (Wildman–Crippen MR) is 60.9 cm³/mol. The summed E-state index contributed by atoms with van der Waals surface area (Å²) in [5, 5.41) is 0. The van der Waals surface area contributed by atoms with Crippen molar-refractivity contribution in [3.8, 4) is 0 Å². The van der Waals surface area contributed by atoms with Crippen LogP contribution in [0.3, 0.4) is 0 Å². The molecular formula is C12H27MoN. The molecule has 0 spiro atoms. The van der Waals surface area contributed by atoms with Gasteiger partial charge in [-0.15, -0.1) is 0 Å². The minimum absolute atomic E-state index is 0. The maximum absolute atomic E-state index is 5.42. The van der Waals surface area contributed by atoms with Crippen molar-refractivity contribution in [3.05, 3.63) is 0 Å². The second-order valence-corrected chi connectivity index (χ2v) is 3.97. The fourth-order valence-electron chi connectivity index (χ4n) is 1.63. The number of hydrogen-bond donors (Lipinski definition) is 1. The zero-order chi connectivity index (χ0) is 9.78. The van der Waals surface area contributed by atoms with E-state index in [0.717, 1.165) is 6.54 Å². The molecule has 2 heteroatoms. The van der Waals surface area contributed by atoms with E-state index in [0.29, 0.717) is 0 Å². The van der Waals surface area contributed by atoms with Gasteiger partial charge in [0.25, 0.3) is 0 Å². The second-order valence-electron chi connectivity index (χ2n) is 3.97. The second kappa shape index (κ2) is 16.1. The Labute approximate surface area is 104 Å². The first kappa shape index (κ1) is 17.1. The first-order valence-electron chi connectivity index (χ1n) is 6.12. The van der Waals surface area contributed by atoms with Crippen molar-refractivity contribution in [2.75, 3.05) is 6.54 Å². The molecule has 86 valence electrons. The summed E-state index contributed by atoms with van der Waals surface area (Å²) in [5.41, 5.74) is 5.42. The molecule has 0 aliphatic carbocycles. The fourth-order valence-corrected chi connectivity index (χ4v) is 1.63. The average Bonchev–Trinajstić information content (AvgIpc) is 2.16. The van der Waals surface area contributed by atoms with E-state index in [1.165, 1.54) is 64.2 Å². The molecule has 0 amide bonds. The molecular weight excluding hydrogens is 254 g/mol. The molecule has 0 fully saturated rings. The molecule has 0 rings (SSSR count). The Bertz CT molecular complexity index is 76.4. The van der Waals surface area contributed by atoms with Crippen LogP contribution >= 0.6 is 0 Å². The van der Waals surface area contributed by atoms with Crippen molar-refractivity contribution in [2.45, 2.75) is 71.1 Å². The molecule has 0 heterocycles. The number of rotatable bonds is 10. The topological polar surface area (TPSA) is 26.0 Å². The molecule has 14 heavy (non-hydrogen) atoms. The standard InChI is InChI=1S/C12H27N.Mo/c1-2-3-4-5-6-7-8-9-10-11-12-13;/h2-13H2,1H3;. The van der Waals surface area contributed by atoms with E-state index in [1.807, 2.05) is 0 Å². The monoisotopic (exact) mass is 283 g/mol. The maximum Gasteiger partial charge on any atom is 0 e. The SMILES string of the molecule is CCCCCCCCCCCCN.[Mo]. The Morgan fingerprint density at radius 3 is 1.36 bits per heavy atom. The molecule has 0 saturated heterocycles. The van der Waals surface area contributed by atoms with E-state index in [1.54, 1.807) is 0 Å². The van der Waals surface area contributed by atoms with Crippen LogP contribution < -0.4 is 5.73 Å². The van der Waals surface area contributed by atoms with Gasteiger partial charge in [-0.2, -0.15) is 0 Å². The van der Waals surface area contributed by atoms with Crippen molar-refractivity contribution in [1.82, 2.24) is 0 Å². The summed E-state index contributed by atoms with van der Waals surface area (Å²) in [6.07, 6.45) is 13.9. The van der Waals surface area contributed by atoms with Gasteiger partial charge in [0.1, 0.15) is 0 Å². The summed E-state index contributed by atoms with van der Waals surface area (Å²) < 4.78 is 0. The summed E-state index contributed by atoms with van der Waals surface area (Å²) in [4.78, 5) is 0. The molecule has 0 bridgehead atoms. The third-order valence-corrected chi connectivity index (χ3v) is 2.56. The third-order valence-electron chi connectivity index (χ3n) is 2.56. The molecule has 0 aromatic rings. The van der Waals surface area contributed by atoms with Crippen LogP contribution in [-0.4, -0.2) is 6.54 Å². The van der Waals surface area contributed by atoms with Gasteiger partial charge in [0.05, 0.1) is 0 Å². The molecule has 0 aliphatic heterocycles. The third kappa shape index (κ3) is 15.1. The van der Waals surface area contributed by atoms with Crippen LogP contribution in [0.1, 0.15) is 71.1 Å². The smallest absolute Gasteiger partial charge is 0 e. The van der Waals surface area contributed by atoms with Crippen LogP contribution in [0.5, 0.6) is 0 Å². The van der Waals surface area contributed by atoms with Crippen LogP contribution in [0.4, 0.5) is 0 Å². The van der Waals surface area contributed by atoms with Crippen LogP contribution in [0, 0.1) is 0 Å². The fraction of sp³-hybridized carbons (Fsp3) is 1.00. The molecule has 2 N–H and O–H groups in total. The Balaban J connectivity index is 0. The quantitative estimate of drug-likeness (QED) is 0.477. The zero-order valence-electron chi connectivity index (χ0n) is 9.76. The maximum atomic E-state index is 5.42. The van der Waals surface area contributed by atoms with Crippen LogP contribution in [0.25, 0.3) is 0 Å². The number of nitrogens with two attached hydrogens (primary N) is 1. The predicted octanol–water partition coefficient (Wildman–Crippen LogP) is 3.86. The minimum Gasteiger partial charge on any atom is -0.330 e. The number of hydrogen-bond acceptors (Lipinski definition) is 1. The Morgan fingerprint density at radius 1 is 0.643 bits per heavy atom. The summed E-state index contributed by atoms with van der Waals surface area (Å²) >= 11 is 0. The van der Waals surface area contributed by atoms with E-state index in [2.05, 4.69) is 6.92 Å². The van der Waals surface area contributed by atoms with Gasteiger partial charge in [-0.1, -0.05) is 64.7 Å². The van der Waals surface area contributed by atoms with E-state index in [4.69, 9.17) is 5.73 Å². The van der Waals surface area contributed by atoms with Gasteiger partial charge in [0.15, 0.2) is 0 Å². The van der Waals surface area contributed by atoms with Crippen molar-refractivity contribution in [2.24, 2.45) is 5.73 Å². The molecule has 0 saturated carbocycles. The van der Waals surface area contributed by atoms with E-state index in [9.17, 15) is 0 Å². The summed E-state index contributed by atoms with van der Waals surface area (Å²) in [5.74, 6) is 0. The van der Waals surface area contributed by atoms with Crippen LogP contribution in [-0.2, 0) is 21.1 Å². The molecule has 0 aromatic carbocycles. The van der Waals surface area contributed by atoms with Gasteiger partial charge < -0.3 is 5.73 Å². The number of unbranched alkanes of at least 4 members (excludes halogenated alkanes) is 9. The zero-order valence-corrected chi connectivity index (χ0v) is 11.8. The Morgan fingerprint density at radius 2 is 1.00 bits per heavy atom. The first-order valence-corrected chi connectivity index (χ1v) is 6.12. The summed E-state index contributed by atoms with van der Waals surface area (Å²) in [6.45, 7) is 3.14. The van der Waals surface area contributed by atoms with Gasteiger partial charge in [0.2, 0.25) is 0 Å². The van der Waals surface area contributed by atoms with Crippen molar-refractivity contribution < 1.29 is 21.1 Å². The van der Waals surface area contributed by atoms with Crippen LogP contribution in [0.15, 0.2) is 0 Å². The Kier molecular flexibility index (Phi) is 19.6. The molecule has 0 atom stereocenters. The van der Waals surface area contributed by atoms with E-state index >= 15 is 0 Å². The first-order chi connectivity index (χ1) is 6.41.